The summed E-state index contributed by atoms with van der Waals surface area (Å²) in [6.45, 7) is -0.205. The van der Waals surface area contributed by atoms with Crippen LogP contribution in [-0.2, 0) is 20.6 Å². The van der Waals surface area contributed by atoms with Gasteiger partial charge in [-0.3, -0.25) is 4.79 Å². The number of sulfonamides is 1. The van der Waals surface area contributed by atoms with Crippen molar-refractivity contribution in [1.82, 2.24) is 9.62 Å². The van der Waals surface area contributed by atoms with Crippen LogP contribution in [0.1, 0.15) is 11.1 Å². The molecule has 0 radical (unpaired) electrons. The molecule has 1 aromatic carbocycles. The van der Waals surface area contributed by atoms with Crippen LogP contribution in [0.5, 0.6) is 0 Å². The van der Waals surface area contributed by atoms with Gasteiger partial charge in [0.15, 0.2) is 0 Å². The number of rotatable bonds is 6. The van der Waals surface area contributed by atoms with Crippen molar-refractivity contribution in [3.63, 3.8) is 0 Å². The van der Waals surface area contributed by atoms with Crippen molar-refractivity contribution >= 4 is 33.1 Å². The zero-order chi connectivity index (χ0) is 15.3. The number of benzene rings is 1. The monoisotopic (exact) mass is 315 g/mol. The predicted molar refractivity (Wildman–Crippen MR) is 81.6 cm³/mol. The lowest BCUT2D eigenvalue weighted by atomic mass is 10.1. The van der Waals surface area contributed by atoms with Crippen LogP contribution in [0.15, 0.2) is 24.3 Å². The summed E-state index contributed by atoms with van der Waals surface area (Å²) < 4.78 is 25.2. The Balaban J connectivity index is 2.80. The van der Waals surface area contributed by atoms with Crippen molar-refractivity contribution in [3.8, 4) is 0 Å². The molecule has 1 aromatic rings. The number of carbonyl (C=O) groups excluding carboxylic acids is 1. The highest BCUT2D eigenvalue weighted by molar-refractivity contribution is 7.88. The zero-order valence-electron chi connectivity index (χ0n) is 11.3. The molecule has 1 rings (SSSR count). The number of likely N-dealkylation sites (N-methyl/N-ethyl adjacent to an activating group) is 2. The minimum Gasteiger partial charge on any atom is -0.389 e. The Morgan fingerprint density at radius 1 is 1.35 bits per heavy atom. The molecule has 1 amide bonds. The smallest absolute Gasteiger partial charge is 0.235 e. The van der Waals surface area contributed by atoms with Gasteiger partial charge in [-0.05, 0) is 5.56 Å². The minimum absolute atomic E-state index is 0.182. The third-order valence-corrected chi connectivity index (χ3v) is 4.72. The maximum absolute atomic E-state index is 12.1. The van der Waals surface area contributed by atoms with Crippen LogP contribution in [-0.4, -0.2) is 44.3 Å². The molecule has 0 aliphatic rings. The number of carbonyl (C=O) groups is 1. The van der Waals surface area contributed by atoms with Gasteiger partial charge in [-0.25, -0.2) is 8.42 Å². The van der Waals surface area contributed by atoms with E-state index in [4.69, 9.17) is 18.0 Å². The van der Waals surface area contributed by atoms with E-state index in [0.717, 1.165) is 4.31 Å². The zero-order valence-corrected chi connectivity index (χ0v) is 12.9. The van der Waals surface area contributed by atoms with Crippen LogP contribution in [0.2, 0.25) is 0 Å². The molecule has 0 fully saturated rings. The molecule has 0 bridgehead atoms. The molecule has 8 heteroatoms. The molecule has 0 saturated heterocycles. The van der Waals surface area contributed by atoms with Gasteiger partial charge in [0, 0.05) is 19.7 Å². The van der Waals surface area contributed by atoms with Crippen LogP contribution in [0.4, 0.5) is 0 Å². The average molecular weight is 315 g/mol. The normalized spacial score (nSPS) is 11.3. The first-order valence-corrected chi connectivity index (χ1v) is 7.81. The van der Waals surface area contributed by atoms with E-state index in [9.17, 15) is 13.2 Å². The summed E-state index contributed by atoms with van der Waals surface area (Å²) >= 11 is 4.82. The number of nitrogens with one attached hydrogen (secondary N) is 1. The van der Waals surface area contributed by atoms with Gasteiger partial charge in [-0.2, -0.15) is 4.31 Å². The number of hydrogen-bond acceptors (Lipinski definition) is 4. The average Bonchev–Trinajstić information content (AvgIpc) is 2.38. The largest absolute Gasteiger partial charge is 0.389 e. The van der Waals surface area contributed by atoms with Crippen molar-refractivity contribution in [2.75, 3.05) is 20.6 Å². The van der Waals surface area contributed by atoms with E-state index in [1.807, 2.05) is 0 Å². The molecule has 0 aliphatic carbocycles. The lowest BCUT2D eigenvalue weighted by Crippen LogP contribution is -2.37. The van der Waals surface area contributed by atoms with Gasteiger partial charge in [0.2, 0.25) is 15.9 Å². The molecule has 0 heterocycles. The van der Waals surface area contributed by atoms with Crippen molar-refractivity contribution in [2.45, 2.75) is 5.75 Å². The quantitative estimate of drug-likeness (QED) is 0.711. The standard InChI is InChI=1S/C12H17N3O3S2/c1-14-11(16)7-15(2)20(17,18)8-9-3-5-10(6-4-9)12(13)19/h3-6H,7-8H2,1-2H3,(H2,13,19)(H,14,16). The number of nitrogens with two attached hydrogens (primary N) is 1. The minimum atomic E-state index is -3.54. The highest BCUT2D eigenvalue weighted by Crippen LogP contribution is 2.11. The summed E-state index contributed by atoms with van der Waals surface area (Å²) in [6, 6.07) is 6.65. The van der Waals surface area contributed by atoms with E-state index < -0.39 is 10.0 Å². The fourth-order valence-corrected chi connectivity index (χ4v) is 2.75. The number of nitrogens with zero attached hydrogens (tertiary/aromatic N) is 1. The summed E-state index contributed by atoms with van der Waals surface area (Å²) in [6.07, 6.45) is 0. The predicted octanol–water partition coefficient (Wildman–Crippen LogP) is -0.172. The van der Waals surface area contributed by atoms with Gasteiger partial charge in [0.1, 0.15) is 4.99 Å². The molecule has 20 heavy (non-hydrogen) atoms. The van der Waals surface area contributed by atoms with E-state index >= 15 is 0 Å². The maximum atomic E-state index is 12.1. The van der Waals surface area contributed by atoms with Gasteiger partial charge in [0.05, 0.1) is 12.3 Å². The molecule has 3 N–H and O–H groups in total. The Morgan fingerprint density at radius 2 is 1.90 bits per heavy atom. The first-order chi connectivity index (χ1) is 9.26. The van der Waals surface area contributed by atoms with Gasteiger partial charge < -0.3 is 11.1 Å². The summed E-state index contributed by atoms with van der Waals surface area (Å²) in [5.41, 5.74) is 6.76. The molecule has 0 unspecified atom stereocenters. The molecular formula is C12H17N3O3S2. The summed E-state index contributed by atoms with van der Waals surface area (Å²) in [5.74, 6) is -0.544. The Labute approximate surface area is 124 Å². The molecular weight excluding hydrogens is 298 g/mol. The second-order valence-electron chi connectivity index (χ2n) is 4.25. The number of thiocarbonyl (C=S) groups is 1. The topological polar surface area (TPSA) is 92.5 Å². The molecule has 0 saturated carbocycles. The van der Waals surface area contributed by atoms with Gasteiger partial charge in [-0.1, -0.05) is 36.5 Å². The van der Waals surface area contributed by atoms with Crippen LogP contribution in [0.3, 0.4) is 0 Å². The van der Waals surface area contributed by atoms with E-state index in [-0.39, 0.29) is 23.2 Å². The van der Waals surface area contributed by atoms with E-state index in [1.54, 1.807) is 24.3 Å². The molecule has 0 aliphatic heterocycles. The van der Waals surface area contributed by atoms with Crippen molar-refractivity contribution in [2.24, 2.45) is 5.73 Å². The van der Waals surface area contributed by atoms with Crippen LogP contribution in [0.25, 0.3) is 0 Å². The lowest BCUT2D eigenvalue weighted by Gasteiger charge is -2.16. The molecule has 0 atom stereocenters. The fourth-order valence-electron chi connectivity index (χ4n) is 1.47. The van der Waals surface area contributed by atoms with E-state index in [1.165, 1.54) is 14.1 Å². The van der Waals surface area contributed by atoms with Crippen LogP contribution >= 0.6 is 12.2 Å². The van der Waals surface area contributed by atoms with Crippen molar-refractivity contribution in [3.05, 3.63) is 35.4 Å². The third-order valence-electron chi connectivity index (χ3n) is 2.71. The first-order valence-electron chi connectivity index (χ1n) is 5.79. The highest BCUT2D eigenvalue weighted by atomic mass is 32.2. The Kier molecular flexibility index (Phi) is 5.61. The van der Waals surface area contributed by atoms with Gasteiger partial charge >= 0.3 is 0 Å². The number of amides is 1. The first kappa shape index (κ1) is 16.5. The van der Waals surface area contributed by atoms with Crippen molar-refractivity contribution < 1.29 is 13.2 Å². The Morgan fingerprint density at radius 3 is 2.35 bits per heavy atom. The second kappa shape index (κ2) is 6.78. The van der Waals surface area contributed by atoms with Crippen LogP contribution < -0.4 is 11.1 Å². The maximum Gasteiger partial charge on any atom is 0.235 e. The fraction of sp³-hybridized carbons (Fsp3) is 0.333. The van der Waals surface area contributed by atoms with Gasteiger partial charge in [0.25, 0.3) is 0 Å². The molecule has 0 spiro atoms. The molecule has 6 nitrogen and oxygen atoms in total. The second-order valence-corrected chi connectivity index (χ2v) is 6.76. The summed E-state index contributed by atoms with van der Waals surface area (Å²) in [5, 5.41) is 2.38. The van der Waals surface area contributed by atoms with Crippen LogP contribution in [0, 0.1) is 0 Å². The van der Waals surface area contributed by atoms with E-state index in [2.05, 4.69) is 5.32 Å². The Bertz CT molecular complexity index is 597. The molecule has 110 valence electrons. The SMILES string of the molecule is CNC(=O)CN(C)S(=O)(=O)Cc1ccc(C(N)=S)cc1. The third kappa shape index (κ3) is 4.55. The van der Waals surface area contributed by atoms with Gasteiger partial charge in [-0.15, -0.1) is 0 Å². The summed E-state index contributed by atoms with van der Waals surface area (Å²) in [4.78, 5) is 11.5. The number of hydrogen-bond donors (Lipinski definition) is 2. The van der Waals surface area contributed by atoms with Crippen molar-refractivity contribution in [1.29, 1.82) is 0 Å². The lowest BCUT2D eigenvalue weighted by molar-refractivity contribution is -0.120. The van der Waals surface area contributed by atoms with E-state index in [0.29, 0.717) is 11.1 Å². The summed E-state index contributed by atoms with van der Waals surface area (Å²) in [7, 11) is -0.719. The highest BCUT2D eigenvalue weighted by Gasteiger charge is 2.20. The molecule has 0 aromatic heterocycles. The Hall–Kier alpha value is -1.51.